The molecule has 2 aromatic carbocycles. The zero-order chi connectivity index (χ0) is 26.1. The van der Waals surface area contributed by atoms with Gasteiger partial charge < -0.3 is 20.5 Å². The second kappa shape index (κ2) is 12.4. The van der Waals surface area contributed by atoms with Gasteiger partial charge in [-0.05, 0) is 36.5 Å². The molecule has 0 aliphatic carbocycles. The van der Waals surface area contributed by atoms with Gasteiger partial charge in [0.2, 0.25) is 0 Å². The molecule has 0 aliphatic rings. The minimum Gasteiger partial charge on any atom is -0.462 e. The number of carbonyl (C=O) groups excluding carboxylic acids is 2. The van der Waals surface area contributed by atoms with Crippen LogP contribution in [0.1, 0.15) is 41.8 Å². The normalized spacial score (nSPS) is 12.1. The Labute approximate surface area is 210 Å². The lowest BCUT2D eigenvalue weighted by Crippen LogP contribution is -2.23. The number of nitrogens with two attached hydrogens (primary N) is 1. The van der Waals surface area contributed by atoms with Crippen molar-refractivity contribution < 1.29 is 23.9 Å². The topological polar surface area (TPSA) is 130 Å². The molecule has 0 saturated heterocycles. The number of aryl methyl sites for hydroxylation is 1. The van der Waals surface area contributed by atoms with Crippen LogP contribution < -0.4 is 11.1 Å². The summed E-state index contributed by atoms with van der Waals surface area (Å²) in [5.74, 6) is 0.172. The van der Waals surface area contributed by atoms with Crippen molar-refractivity contribution in [1.29, 1.82) is 0 Å². The molecule has 0 radical (unpaired) electrons. The van der Waals surface area contributed by atoms with Crippen LogP contribution >= 0.6 is 0 Å². The number of ether oxygens (including phenoxy) is 2. The van der Waals surface area contributed by atoms with E-state index < -0.39 is 12.1 Å². The van der Waals surface area contributed by atoms with Crippen molar-refractivity contribution in [3.05, 3.63) is 71.4 Å². The average molecular weight is 494 g/mol. The molecule has 190 valence electrons. The Bertz CT molecular complexity index is 1220. The average Bonchev–Trinajstić information content (AvgIpc) is 3.27. The molecule has 0 fully saturated rings. The summed E-state index contributed by atoms with van der Waals surface area (Å²) >= 11 is 0. The number of benzene rings is 2. The Hall–Kier alpha value is -4.34. The third-order valence-electron chi connectivity index (χ3n) is 5.49. The number of esters is 1. The lowest BCUT2D eigenvalue weighted by molar-refractivity contribution is 0.0527. The van der Waals surface area contributed by atoms with Gasteiger partial charge >= 0.3 is 12.1 Å². The number of oxime groups is 1. The predicted molar refractivity (Wildman–Crippen MR) is 137 cm³/mol. The molecule has 0 spiro atoms. The quantitative estimate of drug-likeness (QED) is 0.142. The fourth-order valence-corrected chi connectivity index (χ4v) is 3.68. The first-order valence-corrected chi connectivity index (χ1v) is 11.6. The minimum atomic E-state index is -0.945. The van der Waals surface area contributed by atoms with Crippen LogP contribution in [0.4, 0.5) is 10.6 Å². The summed E-state index contributed by atoms with van der Waals surface area (Å²) in [7, 11) is 2.96. The largest absolute Gasteiger partial charge is 0.534 e. The number of nitrogens with zero attached hydrogens (tertiary/aromatic N) is 3. The Morgan fingerprint density at radius 2 is 1.83 bits per heavy atom. The summed E-state index contributed by atoms with van der Waals surface area (Å²) in [6.45, 7) is 4.15. The molecule has 1 heterocycles. The van der Waals surface area contributed by atoms with Crippen molar-refractivity contribution in [3.63, 3.8) is 0 Å². The smallest absolute Gasteiger partial charge is 0.462 e. The van der Waals surface area contributed by atoms with Gasteiger partial charge in [-0.1, -0.05) is 60.6 Å². The SMILES string of the molecule is CCOC(=O)c1cn(C)nc1NC(CC)Cc1ccc(-c2ccccc2/C(N)=N\OC(=O)OC)cc1. The van der Waals surface area contributed by atoms with Crippen LogP contribution in [0.2, 0.25) is 0 Å². The molecule has 3 rings (SSSR count). The number of anilines is 1. The summed E-state index contributed by atoms with van der Waals surface area (Å²) in [5, 5.41) is 11.4. The Kier molecular flexibility index (Phi) is 9.04. The molecule has 0 bridgehead atoms. The fraction of sp³-hybridized carbons (Fsp3) is 0.308. The number of hydrogen-bond donors (Lipinski definition) is 2. The molecule has 1 unspecified atom stereocenters. The highest BCUT2D eigenvalue weighted by Crippen LogP contribution is 2.25. The van der Waals surface area contributed by atoms with E-state index in [1.54, 1.807) is 30.9 Å². The van der Waals surface area contributed by atoms with Gasteiger partial charge in [0, 0.05) is 24.8 Å². The van der Waals surface area contributed by atoms with E-state index in [1.807, 2.05) is 42.5 Å². The molecule has 10 nitrogen and oxygen atoms in total. The molecule has 0 amide bonds. The van der Waals surface area contributed by atoms with Gasteiger partial charge in [-0.3, -0.25) is 9.52 Å². The molecule has 1 aromatic heterocycles. The van der Waals surface area contributed by atoms with Gasteiger partial charge in [-0.15, -0.1) is 0 Å². The van der Waals surface area contributed by atoms with Crippen LogP contribution in [0.3, 0.4) is 0 Å². The lowest BCUT2D eigenvalue weighted by atomic mass is 9.96. The van der Waals surface area contributed by atoms with Gasteiger partial charge in [-0.2, -0.15) is 5.10 Å². The van der Waals surface area contributed by atoms with Crippen LogP contribution in [-0.4, -0.2) is 47.5 Å². The number of amidine groups is 1. The van der Waals surface area contributed by atoms with E-state index in [1.165, 1.54) is 7.11 Å². The Morgan fingerprint density at radius 1 is 1.11 bits per heavy atom. The molecule has 0 aliphatic heterocycles. The molecule has 3 N–H and O–H groups in total. The zero-order valence-electron chi connectivity index (χ0n) is 20.9. The number of hydrogen-bond acceptors (Lipinski definition) is 8. The summed E-state index contributed by atoms with van der Waals surface area (Å²) in [5.41, 5.74) is 9.98. The maximum atomic E-state index is 12.3. The number of carbonyl (C=O) groups is 2. The number of methoxy groups -OCH3 is 1. The maximum Gasteiger partial charge on any atom is 0.534 e. The van der Waals surface area contributed by atoms with E-state index in [-0.39, 0.29) is 11.9 Å². The summed E-state index contributed by atoms with van der Waals surface area (Å²) in [6.07, 6.45) is 2.27. The van der Waals surface area contributed by atoms with Crippen LogP contribution in [0.5, 0.6) is 0 Å². The molecule has 36 heavy (non-hydrogen) atoms. The highest BCUT2D eigenvalue weighted by molar-refractivity contribution is 6.03. The number of nitrogens with one attached hydrogen (secondary N) is 1. The van der Waals surface area contributed by atoms with Crippen molar-refractivity contribution in [2.45, 2.75) is 32.7 Å². The van der Waals surface area contributed by atoms with E-state index in [4.69, 9.17) is 10.5 Å². The van der Waals surface area contributed by atoms with Crippen LogP contribution in [-0.2, 0) is 27.8 Å². The van der Waals surface area contributed by atoms with E-state index in [0.717, 1.165) is 29.5 Å². The zero-order valence-corrected chi connectivity index (χ0v) is 20.9. The second-order valence-corrected chi connectivity index (χ2v) is 8.00. The van der Waals surface area contributed by atoms with Gasteiger partial charge in [-0.25, -0.2) is 9.59 Å². The van der Waals surface area contributed by atoms with E-state index in [2.05, 4.69) is 32.1 Å². The van der Waals surface area contributed by atoms with Gasteiger partial charge in [0.15, 0.2) is 11.7 Å². The molecular weight excluding hydrogens is 462 g/mol. The molecule has 10 heteroatoms. The van der Waals surface area contributed by atoms with Crippen LogP contribution in [0.15, 0.2) is 59.9 Å². The highest BCUT2D eigenvalue weighted by atomic mass is 16.8. The molecular formula is C26H31N5O5. The molecule has 0 saturated carbocycles. The van der Waals surface area contributed by atoms with Crippen molar-refractivity contribution in [3.8, 4) is 11.1 Å². The van der Waals surface area contributed by atoms with Crippen molar-refractivity contribution >= 4 is 23.8 Å². The van der Waals surface area contributed by atoms with Gasteiger partial charge in [0.25, 0.3) is 0 Å². The first kappa shape index (κ1) is 26.3. The third-order valence-corrected chi connectivity index (χ3v) is 5.49. The maximum absolute atomic E-state index is 12.3. The highest BCUT2D eigenvalue weighted by Gasteiger charge is 2.19. The van der Waals surface area contributed by atoms with E-state index in [0.29, 0.717) is 23.6 Å². The van der Waals surface area contributed by atoms with Crippen molar-refractivity contribution in [2.24, 2.45) is 17.9 Å². The first-order chi connectivity index (χ1) is 17.4. The number of aromatic nitrogens is 2. The predicted octanol–water partition coefficient (Wildman–Crippen LogP) is 4.10. The van der Waals surface area contributed by atoms with Crippen LogP contribution in [0, 0.1) is 0 Å². The summed E-state index contributed by atoms with van der Waals surface area (Å²) in [6, 6.07) is 15.6. The lowest BCUT2D eigenvalue weighted by Gasteiger charge is -2.18. The van der Waals surface area contributed by atoms with Crippen LogP contribution in [0.25, 0.3) is 11.1 Å². The standard InChI is InChI=1S/C26H31N5O5/c1-5-19(28-24-22(16-31(3)29-24)25(32)35-6-2)15-17-11-13-18(14-12-17)20-9-7-8-10-21(20)23(27)30-36-26(33)34-4/h7-14,16,19H,5-6,15H2,1-4H3,(H2,27,30)(H,28,29). The van der Waals surface area contributed by atoms with Gasteiger partial charge in [0.05, 0.1) is 13.7 Å². The third kappa shape index (κ3) is 6.62. The monoisotopic (exact) mass is 493 g/mol. The summed E-state index contributed by atoms with van der Waals surface area (Å²) < 4.78 is 11.2. The minimum absolute atomic E-state index is 0.0584. The Balaban J connectivity index is 1.76. The molecule has 3 aromatic rings. The van der Waals surface area contributed by atoms with E-state index >= 15 is 0 Å². The van der Waals surface area contributed by atoms with Crippen molar-refractivity contribution in [1.82, 2.24) is 9.78 Å². The molecule has 1 atom stereocenters. The first-order valence-electron chi connectivity index (χ1n) is 11.6. The fourth-order valence-electron chi connectivity index (χ4n) is 3.68. The van der Waals surface area contributed by atoms with Gasteiger partial charge in [0.1, 0.15) is 5.56 Å². The second-order valence-electron chi connectivity index (χ2n) is 8.00. The summed E-state index contributed by atoms with van der Waals surface area (Å²) in [4.78, 5) is 28.1. The van der Waals surface area contributed by atoms with E-state index in [9.17, 15) is 9.59 Å². The number of rotatable bonds is 10. The Morgan fingerprint density at radius 3 is 2.50 bits per heavy atom. The van der Waals surface area contributed by atoms with Crippen molar-refractivity contribution in [2.75, 3.05) is 19.0 Å².